The lowest BCUT2D eigenvalue weighted by Gasteiger charge is -2.00. The predicted molar refractivity (Wildman–Crippen MR) is 118 cm³/mol. The molecule has 0 saturated heterocycles. The number of carbonyl (C=O) groups is 1. The van der Waals surface area contributed by atoms with Crippen LogP contribution >= 0.6 is 11.9 Å². The van der Waals surface area contributed by atoms with E-state index in [1.54, 1.807) is 6.21 Å². The van der Waals surface area contributed by atoms with Gasteiger partial charge in [0.15, 0.2) is 0 Å². The first-order chi connectivity index (χ1) is 14.3. The standard InChI is InChI=1S/C21H16N6OS/c28-21(26-22-13-17-11-9-15-5-1-3-7-19(15)24-17)29-27-23-14-18-12-10-16-6-2-4-8-20(16)25-18/h1-14,27H,(H,26,28). The molecule has 0 saturated carbocycles. The molecule has 0 spiro atoms. The number of nitrogens with zero attached hydrogens (tertiary/aromatic N) is 4. The molecule has 0 unspecified atom stereocenters. The second kappa shape index (κ2) is 8.94. The molecule has 2 aromatic heterocycles. The molecule has 29 heavy (non-hydrogen) atoms. The number of hydrogen-bond acceptors (Lipinski definition) is 7. The van der Waals surface area contributed by atoms with Gasteiger partial charge in [-0.05, 0) is 24.3 Å². The van der Waals surface area contributed by atoms with Crippen LogP contribution in [0.2, 0.25) is 0 Å². The molecule has 0 aliphatic carbocycles. The topological polar surface area (TPSA) is 91.6 Å². The van der Waals surface area contributed by atoms with Gasteiger partial charge in [0.2, 0.25) is 0 Å². The van der Waals surface area contributed by atoms with E-state index in [9.17, 15) is 4.79 Å². The summed E-state index contributed by atoms with van der Waals surface area (Å²) < 4.78 is 0. The zero-order chi connectivity index (χ0) is 19.9. The largest absolute Gasteiger partial charge is 0.321 e. The van der Waals surface area contributed by atoms with Crippen molar-refractivity contribution < 1.29 is 4.79 Å². The van der Waals surface area contributed by atoms with Crippen LogP contribution in [0.1, 0.15) is 11.4 Å². The third-order valence-electron chi connectivity index (χ3n) is 3.98. The minimum absolute atomic E-state index is 0.398. The van der Waals surface area contributed by atoms with Crippen molar-refractivity contribution in [2.75, 3.05) is 0 Å². The van der Waals surface area contributed by atoms with Crippen molar-refractivity contribution in [3.8, 4) is 0 Å². The van der Waals surface area contributed by atoms with Crippen LogP contribution in [-0.2, 0) is 0 Å². The highest BCUT2D eigenvalue weighted by atomic mass is 32.2. The number of fused-ring (bicyclic) bond motifs is 2. The Kier molecular flexibility index (Phi) is 5.73. The van der Waals surface area contributed by atoms with E-state index in [2.05, 4.69) is 30.4 Å². The molecule has 4 rings (SSSR count). The number of hydrazone groups is 2. The number of benzene rings is 2. The summed E-state index contributed by atoms with van der Waals surface area (Å²) in [6.45, 7) is 0. The highest BCUT2D eigenvalue weighted by Crippen LogP contribution is 2.11. The van der Waals surface area contributed by atoms with E-state index in [-0.39, 0.29) is 0 Å². The van der Waals surface area contributed by atoms with Crippen LogP contribution in [0.25, 0.3) is 21.8 Å². The Hall–Kier alpha value is -3.78. The molecule has 2 heterocycles. The van der Waals surface area contributed by atoms with Gasteiger partial charge in [0.05, 0.1) is 46.8 Å². The van der Waals surface area contributed by atoms with Crippen LogP contribution in [0.4, 0.5) is 4.79 Å². The molecule has 2 aromatic carbocycles. The van der Waals surface area contributed by atoms with Gasteiger partial charge < -0.3 is 0 Å². The summed E-state index contributed by atoms with van der Waals surface area (Å²) in [4.78, 5) is 23.3. The predicted octanol–water partition coefficient (Wildman–Crippen LogP) is 4.10. The van der Waals surface area contributed by atoms with E-state index in [1.165, 1.54) is 6.21 Å². The van der Waals surface area contributed by atoms with Gasteiger partial charge in [0.1, 0.15) is 0 Å². The van der Waals surface area contributed by atoms with Crippen LogP contribution in [0.3, 0.4) is 0 Å². The third-order valence-corrected chi connectivity index (χ3v) is 4.45. The molecule has 7 nitrogen and oxygen atoms in total. The molecule has 0 aliphatic heterocycles. The Balaban J connectivity index is 1.26. The summed E-state index contributed by atoms with van der Waals surface area (Å²) >= 11 is 0.777. The highest BCUT2D eigenvalue weighted by Gasteiger charge is 2.00. The van der Waals surface area contributed by atoms with E-state index in [4.69, 9.17) is 0 Å². The lowest BCUT2D eigenvalue weighted by molar-refractivity contribution is 0.261. The van der Waals surface area contributed by atoms with Crippen LogP contribution < -0.4 is 10.3 Å². The fourth-order valence-corrected chi connectivity index (χ4v) is 2.93. The molecule has 0 atom stereocenters. The second-order valence-corrected chi connectivity index (χ2v) is 6.72. The smallest absolute Gasteiger partial charge is 0.258 e. The number of pyridine rings is 2. The monoisotopic (exact) mass is 400 g/mol. The van der Waals surface area contributed by atoms with Crippen molar-refractivity contribution in [2.45, 2.75) is 0 Å². The molecular weight excluding hydrogens is 384 g/mol. The SMILES string of the molecule is O=C(NN=Cc1ccc2ccccc2n1)SNN=Cc1ccc2ccccc2n1. The van der Waals surface area contributed by atoms with Crippen molar-refractivity contribution in [1.29, 1.82) is 0 Å². The zero-order valence-electron chi connectivity index (χ0n) is 15.2. The minimum Gasteiger partial charge on any atom is -0.258 e. The van der Waals surface area contributed by atoms with Gasteiger partial charge in [-0.2, -0.15) is 10.2 Å². The number of aromatic nitrogens is 2. The molecule has 2 N–H and O–H groups in total. The fourth-order valence-electron chi connectivity index (χ4n) is 2.64. The fraction of sp³-hybridized carbons (Fsp3) is 0. The third kappa shape index (κ3) is 4.94. The first-order valence-electron chi connectivity index (χ1n) is 8.77. The van der Waals surface area contributed by atoms with Crippen molar-refractivity contribution in [3.63, 3.8) is 0 Å². The normalized spacial score (nSPS) is 11.4. The number of nitrogens with one attached hydrogen (secondary N) is 2. The molecule has 8 heteroatoms. The van der Waals surface area contributed by atoms with Gasteiger partial charge in [0, 0.05) is 10.8 Å². The van der Waals surface area contributed by atoms with Gasteiger partial charge in [0.25, 0.3) is 0 Å². The van der Waals surface area contributed by atoms with Gasteiger partial charge in [-0.1, -0.05) is 48.5 Å². The second-order valence-electron chi connectivity index (χ2n) is 5.97. The molecule has 142 valence electrons. The Morgan fingerprint density at radius 2 is 1.31 bits per heavy atom. The molecule has 1 amide bonds. The number of carbonyl (C=O) groups excluding carboxylic acids is 1. The van der Waals surface area contributed by atoms with Crippen molar-refractivity contribution in [1.82, 2.24) is 20.2 Å². The molecule has 0 radical (unpaired) electrons. The van der Waals surface area contributed by atoms with E-state index in [1.807, 2.05) is 72.8 Å². The first kappa shape index (κ1) is 18.6. The van der Waals surface area contributed by atoms with Gasteiger partial charge in [-0.15, -0.1) is 0 Å². The van der Waals surface area contributed by atoms with Gasteiger partial charge in [-0.3, -0.25) is 4.79 Å². The maximum atomic E-state index is 11.8. The Labute approximate surface area is 171 Å². The minimum atomic E-state index is -0.398. The average molecular weight is 400 g/mol. The summed E-state index contributed by atoms with van der Waals surface area (Å²) in [5.41, 5.74) is 5.51. The summed E-state index contributed by atoms with van der Waals surface area (Å²) in [7, 11) is 0. The molecule has 0 bridgehead atoms. The number of rotatable bonds is 5. The maximum absolute atomic E-state index is 11.8. The molecular formula is C21H16N6OS. The summed E-state index contributed by atoms with van der Waals surface area (Å²) in [6, 6.07) is 23.2. The van der Waals surface area contributed by atoms with Crippen molar-refractivity contribution in [2.24, 2.45) is 10.2 Å². The maximum Gasteiger partial charge on any atom is 0.321 e. The van der Waals surface area contributed by atoms with E-state index >= 15 is 0 Å². The van der Waals surface area contributed by atoms with Gasteiger partial charge >= 0.3 is 5.24 Å². The van der Waals surface area contributed by atoms with E-state index in [0.29, 0.717) is 11.4 Å². The van der Waals surface area contributed by atoms with Crippen LogP contribution in [-0.4, -0.2) is 27.6 Å². The summed E-state index contributed by atoms with van der Waals surface area (Å²) in [5.74, 6) is 0. The van der Waals surface area contributed by atoms with Crippen LogP contribution in [0, 0.1) is 0 Å². The lowest BCUT2D eigenvalue weighted by Crippen LogP contribution is -2.15. The Bertz CT molecular complexity index is 1220. The number of amides is 1. The molecule has 0 fully saturated rings. The quantitative estimate of drug-likeness (QED) is 0.299. The van der Waals surface area contributed by atoms with Crippen LogP contribution in [0.15, 0.2) is 83.0 Å². The number of para-hydroxylation sites is 2. The molecule has 0 aliphatic rings. The molecule has 4 aromatic rings. The average Bonchev–Trinajstić information content (AvgIpc) is 2.76. The Morgan fingerprint density at radius 1 is 0.759 bits per heavy atom. The van der Waals surface area contributed by atoms with Gasteiger partial charge in [-0.25, -0.2) is 20.2 Å². The summed E-state index contributed by atoms with van der Waals surface area (Å²) in [6.07, 6.45) is 3.04. The van der Waals surface area contributed by atoms with E-state index < -0.39 is 5.24 Å². The van der Waals surface area contributed by atoms with E-state index in [0.717, 1.165) is 33.8 Å². The number of hydrogen-bond donors (Lipinski definition) is 2. The zero-order valence-corrected chi connectivity index (χ0v) is 16.0. The highest BCUT2D eigenvalue weighted by molar-refractivity contribution is 8.11. The Morgan fingerprint density at radius 3 is 1.93 bits per heavy atom. The van der Waals surface area contributed by atoms with Crippen molar-refractivity contribution >= 4 is 51.4 Å². The van der Waals surface area contributed by atoms with Crippen molar-refractivity contribution in [3.05, 3.63) is 84.2 Å². The van der Waals surface area contributed by atoms with Crippen LogP contribution in [0.5, 0.6) is 0 Å². The first-order valence-corrected chi connectivity index (χ1v) is 9.59. The lowest BCUT2D eigenvalue weighted by atomic mass is 10.2. The summed E-state index contributed by atoms with van der Waals surface area (Å²) in [5, 5.41) is 9.61.